The quantitative estimate of drug-likeness (QED) is 0.770. The Morgan fingerprint density at radius 3 is 2.38 bits per heavy atom. The van der Waals surface area contributed by atoms with Gasteiger partial charge >= 0.3 is 12.0 Å². The van der Waals surface area contributed by atoms with Gasteiger partial charge in [-0.15, -0.1) is 0 Å². The number of aromatic carboxylic acids is 1. The Morgan fingerprint density at radius 1 is 1.19 bits per heavy atom. The van der Waals surface area contributed by atoms with Crippen LogP contribution in [0.3, 0.4) is 0 Å². The van der Waals surface area contributed by atoms with Crippen molar-refractivity contribution in [2.45, 2.75) is 26.9 Å². The highest BCUT2D eigenvalue weighted by atomic mass is 16.5. The van der Waals surface area contributed by atoms with Crippen molar-refractivity contribution in [3.05, 3.63) is 40.7 Å². The minimum atomic E-state index is -1.06. The van der Waals surface area contributed by atoms with Crippen molar-refractivity contribution in [1.82, 2.24) is 15.8 Å². The Labute approximate surface area is 120 Å². The highest BCUT2D eigenvalue weighted by Gasteiger charge is 2.14. The number of amides is 2. The third-order valence-corrected chi connectivity index (χ3v) is 2.72. The average Bonchev–Trinajstić information content (AvgIpc) is 3.00. The smallest absolute Gasteiger partial charge is 0.339 e. The van der Waals surface area contributed by atoms with Crippen molar-refractivity contribution >= 4 is 12.0 Å². The lowest BCUT2D eigenvalue weighted by Crippen LogP contribution is -2.34. The van der Waals surface area contributed by atoms with Crippen molar-refractivity contribution < 1.29 is 23.6 Å². The molecule has 0 aliphatic heterocycles. The number of hydrogen-bond donors (Lipinski definition) is 3. The largest absolute Gasteiger partial charge is 0.478 e. The molecule has 112 valence electrons. The number of furan rings is 1. The van der Waals surface area contributed by atoms with E-state index >= 15 is 0 Å². The van der Waals surface area contributed by atoms with Gasteiger partial charge in [0.25, 0.3) is 0 Å². The van der Waals surface area contributed by atoms with Gasteiger partial charge in [0.15, 0.2) is 5.76 Å². The predicted octanol–water partition coefficient (Wildman–Crippen LogP) is 1.58. The minimum absolute atomic E-state index is 0.0874. The van der Waals surface area contributed by atoms with Gasteiger partial charge in [0.2, 0.25) is 0 Å². The highest BCUT2D eigenvalue weighted by molar-refractivity contribution is 5.88. The van der Waals surface area contributed by atoms with E-state index in [4.69, 9.17) is 14.0 Å². The molecule has 0 fully saturated rings. The first-order valence-electron chi connectivity index (χ1n) is 6.22. The second-order valence-electron chi connectivity index (χ2n) is 4.46. The number of carboxylic acids is 1. The van der Waals surface area contributed by atoms with E-state index in [9.17, 15) is 9.59 Å². The van der Waals surface area contributed by atoms with Gasteiger partial charge in [-0.25, -0.2) is 9.59 Å². The molecule has 0 atom stereocenters. The summed E-state index contributed by atoms with van der Waals surface area (Å²) in [7, 11) is 0. The van der Waals surface area contributed by atoms with Crippen molar-refractivity contribution in [2.24, 2.45) is 0 Å². The molecule has 21 heavy (non-hydrogen) atoms. The van der Waals surface area contributed by atoms with Crippen LogP contribution in [0.5, 0.6) is 0 Å². The van der Waals surface area contributed by atoms with E-state index in [2.05, 4.69) is 15.8 Å². The first-order chi connectivity index (χ1) is 9.95. The standard InChI is InChI=1S/C13H15N3O5/c1-7-3-10(21-16-7)6-15-13(19)14-5-9-4-11(12(17)18)8(2)20-9/h3-4H,5-6H2,1-2H3,(H,17,18)(H2,14,15,19). The Bertz CT molecular complexity index is 659. The van der Waals surface area contributed by atoms with Crippen LogP contribution < -0.4 is 10.6 Å². The van der Waals surface area contributed by atoms with Gasteiger partial charge in [-0.1, -0.05) is 5.16 Å². The summed E-state index contributed by atoms with van der Waals surface area (Å²) in [6.45, 7) is 3.64. The Morgan fingerprint density at radius 2 is 1.86 bits per heavy atom. The molecular weight excluding hydrogens is 278 g/mol. The molecule has 0 unspecified atom stereocenters. The first kappa shape index (κ1) is 14.6. The number of nitrogens with zero attached hydrogens (tertiary/aromatic N) is 1. The maximum atomic E-state index is 11.6. The van der Waals surface area contributed by atoms with Crippen molar-refractivity contribution in [3.63, 3.8) is 0 Å². The van der Waals surface area contributed by atoms with Gasteiger partial charge < -0.3 is 24.7 Å². The molecule has 0 aliphatic rings. The molecule has 2 aromatic heterocycles. The number of rotatable bonds is 5. The maximum absolute atomic E-state index is 11.6. The van der Waals surface area contributed by atoms with Gasteiger partial charge in [-0.2, -0.15) is 0 Å². The van der Waals surface area contributed by atoms with E-state index in [0.29, 0.717) is 17.3 Å². The van der Waals surface area contributed by atoms with Crippen molar-refractivity contribution in [1.29, 1.82) is 0 Å². The van der Waals surface area contributed by atoms with Crippen LogP contribution in [0, 0.1) is 13.8 Å². The second kappa shape index (κ2) is 6.12. The molecule has 0 radical (unpaired) electrons. The molecule has 0 bridgehead atoms. The highest BCUT2D eigenvalue weighted by Crippen LogP contribution is 2.14. The summed E-state index contributed by atoms with van der Waals surface area (Å²) in [6, 6.07) is 2.68. The molecule has 2 rings (SSSR count). The fourth-order valence-corrected chi connectivity index (χ4v) is 1.74. The molecule has 8 nitrogen and oxygen atoms in total. The van der Waals surface area contributed by atoms with Gasteiger partial charge in [-0.05, 0) is 19.9 Å². The minimum Gasteiger partial charge on any atom is -0.478 e. The summed E-state index contributed by atoms with van der Waals surface area (Å²) in [5, 5.41) is 17.7. The number of aryl methyl sites for hydroxylation is 2. The van der Waals surface area contributed by atoms with Crippen molar-refractivity contribution in [2.75, 3.05) is 0 Å². The number of carboxylic acid groups (broad SMARTS) is 1. The van der Waals surface area contributed by atoms with Gasteiger partial charge in [0, 0.05) is 6.07 Å². The van der Waals surface area contributed by atoms with E-state index in [1.165, 1.54) is 6.07 Å². The third-order valence-electron chi connectivity index (χ3n) is 2.72. The zero-order valence-corrected chi connectivity index (χ0v) is 11.6. The Hall–Kier alpha value is -2.77. The molecule has 0 spiro atoms. The number of carbonyl (C=O) groups excluding carboxylic acids is 1. The van der Waals surface area contributed by atoms with Crippen LogP contribution in [-0.4, -0.2) is 22.3 Å². The lowest BCUT2D eigenvalue weighted by atomic mass is 10.2. The monoisotopic (exact) mass is 293 g/mol. The molecule has 0 saturated heterocycles. The summed E-state index contributed by atoms with van der Waals surface area (Å²) in [5.74, 6) is 0.157. The SMILES string of the molecule is Cc1cc(CNC(=O)NCc2cc(C(=O)O)c(C)o2)on1. The average molecular weight is 293 g/mol. The van der Waals surface area contributed by atoms with E-state index in [-0.39, 0.29) is 18.7 Å². The predicted molar refractivity (Wildman–Crippen MR) is 70.7 cm³/mol. The number of nitrogens with one attached hydrogen (secondary N) is 2. The van der Waals surface area contributed by atoms with Gasteiger partial charge in [0.05, 0.1) is 18.8 Å². The van der Waals surface area contributed by atoms with E-state index in [1.807, 2.05) is 0 Å². The van der Waals surface area contributed by atoms with Gasteiger partial charge in [-0.3, -0.25) is 0 Å². The number of aromatic nitrogens is 1. The summed E-state index contributed by atoms with van der Waals surface area (Å²) in [4.78, 5) is 22.4. The molecule has 0 saturated carbocycles. The topological polar surface area (TPSA) is 118 Å². The van der Waals surface area contributed by atoms with Gasteiger partial charge in [0.1, 0.15) is 17.1 Å². The van der Waals surface area contributed by atoms with Crippen LogP contribution in [0.15, 0.2) is 21.1 Å². The maximum Gasteiger partial charge on any atom is 0.339 e. The third kappa shape index (κ3) is 3.85. The Balaban J connectivity index is 1.81. The molecule has 8 heteroatoms. The number of urea groups is 1. The van der Waals surface area contributed by atoms with Crippen LogP contribution in [0.25, 0.3) is 0 Å². The molecule has 0 aliphatic carbocycles. The number of hydrogen-bond acceptors (Lipinski definition) is 5. The zero-order chi connectivity index (χ0) is 15.4. The normalized spacial score (nSPS) is 10.4. The summed E-state index contributed by atoms with van der Waals surface area (Å²) in [6.07, 6.45) is 0. The van der Waals surface area contributed by atoms with E-state index in [0.717, 1.165) is 5.69 Å². The van der Waals surface area contributed by atoms with E-state index in [1.54, 1.807) is 19.9 Å². The van der Waals surface area contributed by atoms with Crippen molar-refractivity contribution in [3.8, 4) is 0 Å². The Kier molecular flexibility index (Phi) is 4.27. The summed E-state index contributed by atoms with van der Waals surface area (Å²) < 4.78 is 10.2. The molecule has 3 N–H and O–H groups in total. The lowest BCUT2D eigenvalue weighted by molar-refractivity contribution is 0.0695. The van der Waals surface area contributed by atoms with Crippen LogP contribution in [0.4, 0.5) is 4.79 Å². The van der Waals surface area contributed by atoms with E-state index < -0.39 is 12.0 Å². The molecule has 2 aromatic rings. The molecular formula is C13H15N3O5. The fourth-order valence-electron chi connectivity index (χ4n) is 1.74. The first-order valence-corrected chi connectivity index (χ1v) is 6.22. The summed E-state index contributed by atoms with van der Waals surface area (Å²) >= 11 is 0. The fraction of sp³-hybridized carbons (Fsp3) is 0.308. The molecule has 0 aromatic carbocycles. The van der Waals surface area contributed by atoms with Crippen LogP contribution in [-0.2, 0) is 13.1 Å². The van der Waals surface area contributed by atoms with Crippen LogP contribution >= 0.6 is 0 Å². The molecule has 2 heterocycles. The zero-order valence-electron chi connectivity index (χ0n) is 11.6. The lowest BCUT2D eigenvalue weighted by Gasteiger charge is -2.04. The second-order valence-corrected chi connectivity index (χ2v) is 4.46. The number of carbonyl (C=O) groups is 2. The summed E-state index contributed by atoms with van der Waals surface area (Å²) in [5.41, 5.74) is 0.823. The van der Waals surface area contributed by atoms with Crippen LogP contribution in [0.1, 0.15) is 33.3 Å². The van der Waals surface area contributed by atoms with Crippen LogP contribution in [0.2, 0.25) is 0 Å². The molecule has 2 amide bonds.